The van der Waals surface area contributed by atoms with Crippen molar-refractivity contribution in [1.29, 1.82) is 0 Å². The van der Waals surface area contributed by atoms with Gasteiger partial charge in [0, 0.05) is 16.8 Å². The Labute approximate surface area is 138 Å². The van der Waals surface area contributed by atoms with E-state index >= 15 is 0 Å². The second-order valence-electron chi connectivity index (χ2n) is 5.16. The summed E-state index contributed by atoms with van der Waals surface area (Å²) >= 11 is 1.58. The van der Waals surface area contributed by atoms with Crippen LogP contribution in [-0.2, 0) is 11.2 Å². The molecule has 2 N–H and O–H groups in total. The van der Waals surface area contributed by atoms with Gasteiger partial charge in [-0.1, -0.05) is 12.1 Å². The number of benzene rings is 1. The Morgan fingerprint density at radius 3 is 2.48 bits per heavy atom. The van der Waals surface area contributed by atoms with Crippen molar-refractivity contribution in [2.75, 3.05) is 13.2 Å². The molecule has 1 aromatic heterocycles. The van der Waals surface area contributed by atoms with E-state index in [0.29, 0.717) is 18.7 Å². The Kier molecular flexibility index (Phi) is 5.76. The number of aliphatic carboxylic acids is 1. The molecule has 2 aromatic rings. The van der Waals surface area contributed by atoms with E-state index in [-0.39, 0.29) is 12.5 Å². The Morgan fingerprint density at radius 1 is 1.22 bits per heavy atom. The lowest BCUT2D eigenvalue weighted by atomic mass is 10.1. The second kappa shape index (κ2) is 7.78. The molecule has 1 aromatic carbocycles. The Bertz CT molecular complexity index is 691. The second-order valence-corrected chi connectivity index (χ2v) is 6.25. The minimum Gasteiger partial charge on any atom is -0.482 e. The molecule has 0 aliphatic carbocycles. The summed E-state index contributed by atoms with van der Waals surface area (Å²) in [6.07, 6.45) is 0.702. The summed E-state index contributed by atoms with van der Waals surface area (Å²) in [4.78, 5) is 23.7. The summed E-state index contributed by atoms with van der Waals surface area (Å²) in [7, 11) is 0. The molecule has 0 saturated heterocycles. The number of hydrogen-bond acceptors (Lipinski definition) is 4. The topological polar surface area (TPSA) is 75.6 Å². The van der Waals surface area contributed by atoms with Gasteiger partial charge in [-0.3, -0.25) is 4.79 Å². The van der Waals surface area contributed by atoms with E-state index in [0.717, 1.165) is 21.6 Å². The molecule has 0 spiro atoms. The first-order chi connectivity index (χ1) is 11.0. The molecule has 2 rings (SSSR count). The molecule has 1 amide bonds. The molecule has 122 valence electrons. The van der Waals surface area contributed by atoms with Gasteiger partial charge in [0.15, 0.2) is 6.61 Å². The summed E-state index contributed by atoms with van der Waals surface area (Å²) in [6, 6.07) is 7.19. The van der Waals surface area contributed by atoms with E-state index in [1.54, 1.807) is 23.5 Å². The third kappa shape index (κ3) is 4.82. The lowest BCUT2D eigenvalue weighted by molar-refractivity contribution is -0.139. The van der Waals surface area contributed by atoms with Crippen molar-refractivity contribution in [3.63, 3.8) is 0 Å². The van der Waals surface area contributed by atoms with Crippen LogP contribution in [0.25, 0.3) is 0 Å². The van der Waals surface area contributed by atoms with Gasteiger partial charge in [-0.15, -0.1) is 11.3 Å². The van der Waals surface area contributed by atoms with Crippen LogP contribution in [-0.4, -0.2) is 30.1 Å². The number of carbonyl (C=O) groups excluding carboxylic acids is 1. The van der Waals surface area contributed by atoms with Crippen molar-refractivity contribution in [3.8, 4) is 5.75 Å². The molecular weight excluding hydrogens is 314 g/mol. The first-order valence-corrected chi connectivity index (χ1v) is 8.11. The molecule has 0 atom stereocenters. The molecule has 0 bridgehead atoms. The largest absolute Gasteiger partial charge is 0.482 e. The van der Waals surface area contributed by atoms with Gasteiger partial charge in [-0.25, -0.2) is 4.79 Å². The standard InChI is InChI=1S/C17H19NO4S/c1-11-12(2)23-10-15(11)17(21)18-8-7-13-3-5-14(6-4-13)22-9-16(19)20/h3-6,10H,7-9H2,1-2H3,(H,18,21)(H,19,20). The van der Waals surface area contributed by atoms with Crippen LogP contribution in [0.15, 0.2) is 29.6 Å². The van der Waals surface area contributed by atoms with Crippen LogP contribution in [0.1, 0.15) is 26.4 Å². The number of rotatable bonds is 7. The maximum atomic E-state index is 12.1. The minimum absolute atomic E-state index is 0.0479. The maximum Gasteiger partial charge on any atom is 0.341 e. The fourth-order valence-corrected chi connectivity index (χ4v) is 2.92. The number of nitrogens with one attached hydrogen (secondary N) is 1. The fourth-order valence-electron chi connectivity index (χ4n) is 2.05. The average Bonchev–Trinajstić information content (AvgIpc) is 2.86. The summed E-state index contributed by atoms with van der Waals surface area (Å²) < 4.78 is 5.07. The van der Waals surface area contributed by atoms with Crippen LogP contribution in [0.5, 0.6) is 5.75 Å². The SMILES string of the molecule is Cc1scc(C(=O)NCCc2ccc(OCC(=O)O)cc2)c1C. The van der Waals surface area contributed by atoms with E-state index in [2.05, 4.69) is 5.32 Å². The minimum atomic E-state index is -1.00. The molecule has 0 saturated carbocycles. The molecule has 0 fully saturated rings. The number of thiophene rings is 1. The van der Waals surface area contributed by atoms with Gasteiger partial charge in [-0.2, -0.15) is 0 Å². The molecule has 1 heterocycles. The summed E-state index contributed by atoms with van der Waals surface area (Å²) in [5, 5.41) is 13.3. The lowest BCUT2D eigenvalue weighted by Gasteiger charge is -2.07. The summed E-state index contributed by atoms with van der Waals surface area (Å²) in [5.74, 6) is -0.534. The molecule has 5 nitrogen and oxygen atoms in total. The van der Waals surface area contributed by atoms with Crippen molar-refractivity contribution in [3.05, 3.63) is 51.2 Å². The molecule has 0 radical (unpaired) electrons. The Hall–Kier alpha value is -2.34. The van der Waals surface area contributed by atoms with Gasteiger partial charge < -0.3 is 15.2 Å². The number of hydrogen-bond donors (Lipinski definition) is 2. The average molecular weight is 333 g/mol. The zero-order chi connectivity index (χ0) is 16.8. The highest BCUT2D eigenvalue weighted by molar-refractivity contribution is 7.10. The van der Waals surface area contributed by atoms with Crippen LogP contribution >= 0.6 is 11.3 Å². The number of carboxylic acid groups (broad SMARTS) is 1. The van der Waals surface area contributed by atoms with Crippen LogP contribution in [0, 0.1) is 13.8 Å². The third-order valence-electron chi connectivity index (χ3n) is 3.52. The van der Waals surface area contributed by atoms with Gasteiger partial charge in [0.2, 0.25) is 0 Å². The van der Waals surface area contributed by atoms with Gasteiger partial charge >= 0.3 is 5.97 Å². The van der Waals surface area contributed by atoms with Gasteiger partial charge in [0.1, 0.15) is 5.75 Å². The molecule has 0 aliphatic heterocycles. The van der Waals surface area contributed by atoms with Crippen molar-refractivity contribution < 1.29 is 19.4 Å². The van der Waals surface area contributed by atoms with Crippen LogP contribution in [0.3, 0.4) is 0 Å². The number of carbonyl (C=O) groups is 2. The van der Waals surface area contributed by atoms with Gasteiger partial charge in [-0.05, 0) is 43.5 Å². The lowest BCUT2D eigenvalue weighted by Crippen LogP contribution is -2.25. The molecular formula is C17H19NO4S. The summed E-state index contributed by atoms with van der Waals surface area (Å²) in [5.41, 5.74) is 2.82. The normalized spacial score (nSPS) is 10.3. The number of amides is 1. The molecule has 0 aliphatic rings. The zero-order valence-corrected chi connectivity index (χ0v) is 13.9. The van der Waals surface area contributed by atoms with Crippen molar-refractivity contribution >= 4 is 23.2 Å². The van der Waals surface area contributed by atoms with Crippen LogP contribution in [0.4, 0.5) is 0 Å². The van der Waals surface area contributed by atoms with Crippen molar-refractivity contribution in [2.24, 2.45) is 0 Å². The first-order valence-electron chi connectivity index (χ1n) is 7.24. The smallest absolute Gasteiger partial charge is 0.341 e. The van der Waals surface area contributed by atoms with Gasteiger partial charge in [0.25, 0.3) is 5.91 Å². The van der Waals surface area contributed by atoms with Crippen LogP contribution < -0.4 is 10.1 Å². The number of aryl methyl sites for hydroxylation is 1. The van der Waals surface area contributed by atoms with Crippen molar-refractivity contribution in [2.45, 2.75) is 20.3 Å². The predicted octanol–water partition coefficient (Wildman–Crippen LogP) is 2.80. The highest BCUT2D eigenvalue weighted by Crippen LogP contribution is 2.20. The quantitative estimate of drug-likeness (QED) is 0.817. The maximum absolute atomic E-state index is 12.1. The first kappa shape index (κ1) is 17.0. The Morgan fingerprint density at radius 2 is 1.91 bits per heavy atom. The molecule has 0 unspecified atom stereocenters. The van der Waals surface area contributed by atoms with Gasteiger partial charge in [0.05, 0.1) is 5.56 Å². The highest BCUT2D eigenvalue weighted by atomic mass is 32.1. The fraction of sp³-hybridized carbons (Fsp3) is 0.294. The third-order valence-corrected chi connectivity index (χ3v) is 4.53. The Balaban J connectivity index is 1.81. The van der Waals surface area contributed by atoms with E-state index in [4.69, 9.17) is 9.84 Å². The molecule has 6 heteroatoms. The van der Waals surface area contributed by atoms with Crippen LogP contribution in [0.2, 0.25) is 0 Å². The predicted molar refractivity (Wildman–Crippen MR) is 89.4 cm³/mol. The van der Waals surface area contributed by atoms with E-state index < -0.39 is 5.97 Å². The molecule has 23 heavy (non-hydrogen) atoms. The van der Waals surface area contributed by atoms with E-state index in [1.807, 2.05) is 31.4 Å². The van der Waals surface area contributed by atoms with E-state index in [9.17, 15) is 9.59 Å². The highest BCUT2D eigenvalue weighted by Gasteiger charge is 2.11. The number of carboxylic acids is 1. The van der Waals surface area contributed by atoms with Crippen molar-refractivity contribution in [1.82, 2.24) is 5.32 Å². The summed E-state index contributed by atoms with van der Waals surface area (Å²) in [6.45, 7) is 4.15. The zero-order valence-electron chi connectivity index (χ0n) is 13.1. The van der Waals surface area contributed by atoms with E-state index in [1.165, 1.54) is 0 Å². The monoisotopic (exact) mass is 333 g/mol. The number of ether oxygens (including phenoxy) is 1.